The number of methoxy groups -OCH3 is 1. The molecule has 0 aliphatic rings. The van der Waals surface area contributed by atoms with Crippen molar-refractivity contribution in [3.05, 3.63) is 36.3 Å². The molecule has 5 heteroatoms. The van der Waals surface area contributed by atoms with E-state index in [2.05, 4.69) is 15.3 Å². The Bertz CT molecular complexity index is 528. The third-order valence-electron chi connectivity index (χ3n) is 2.29. The van der Waals surface area contributed by atoms with Crippen molar-refractivity contribution in [2.45, 2.75) is 6.92 Å². The SMILES string of the molecule is COc1ccc(N)cc1Nc1cc(C)ncn1. The zero-order chi connectivity index (χ0) is 12.3. The number of nitrogens with one attached hydrogen (secondary N) is 1. The first-order valence-electron chi connectivity index (χ1n) is 5.18. The number of benzene rings is 1. The fourth-order valence-electron chi connectivity index (χ4n) is 1.48. The highest BCUT2D eigenvalue weighted by molar-refractivity contribution is 5.68. The molecule has 0 amide bonds. The van der Waals surface area contributed by atoms with Crippen LogP contribution in [0.4, 0.5) is 17.2 Å². The number of hydrogen-bond donors (Lipinski definition) is 2. The van der Waals surface area contributed by atoms with Gasteiger partial charge in [0.05, 0.1) is 12.8 Å². The van der Waals surface area contributed by atoms with Crippen LogP contribution in [0.3, 0.4) is 0 Å². The second-order valence-electron chi connectivity index (χ2n) is 3.63. The fraction of sp³-hybridized carbons (Fsp3) is 0.167. The molecule has 1 heterocycles. The summed E-state index contributed by atoms with van der Waals surface area (Å²) in [4.78, 5) is 8.16. The first-order valence-corrected chi connectivity index (χ1v) is 5.18. The highest BCUT2D eigenvalue weighted by Crippen LogP contribution is 2.28. The molecule has 0 aliphatic heterocycles. The van der Waals surface area contributed by atoms with E-state index in [9.17, 15) is 0 Å². The lowest BCUT2D eigenvalue weighted by Crippen LogP contribution is -1.99. The molecule has 2 aromatic rings. The van der Waals surface area contributed by atoms with Crippen LogP contribution in [0.2, 0.25) is 0 Å². The van der Waals surface area contributed by atoms with Gasteiger partial charge in [-0.1, -0.05) is 0 Å². The van der Waals surface area contributed by atoms with Crippen LogP contribution in [0.15, 0.2) is 30.6 Å². The van der Waals surface area contributed by atoms with Crippen LogP contribution >= 0.6 is 0 Å². The second-order valence-corrected chi connectivity index (χ2v) is 3.63. The number of aryl methyl sites for hydroxylation is 1. The minimum absolute atomic E-state index is 0.666. The Morgan fingerprint density at radius 3 is 2.76 bits per heavy atom. The van der Waals surface area contributed by atoms with Crippen LogP contribution in [0.1, 0.15) is 5.69 Å². The maximum Gasteiger partial charge on any atom is 0.142 e. The molecule has 0 atom stereocenters. The molecule has 0 unspecified atom stereocenters. The van der Waals surface area contributed by atoms with E-state index in [4.69, 9.17) is 10.5 Å². The van der Waals surface area contributed by atoms with Gasteiger partial charge in [-0.25, -0.2) is 9.97 Å². The lowest BCUT2D eigenvalue weighted by Gasteiger charge is -2.11. The molecular formula is C12H14N4O. The second kappa shape index (κ2) is 4.69. The van der Waals surface area contributed by atoms with Gasteiger partial charge in [0.15, 0.2) is 0 Å². The standard InChI is InChI=1S/C12H14N4O/c1-8-5-12(15-7-14-8)16-10-6-9(13)3-4-11(10)17-2/h3-7H,13H2,1-2H3,(H,14,15,16). The van der Waals surface area contributed by atoms with E-state index in [0.29, 0.717) is 11.5 Å². The van der Waals surface area contributed by atoms with Crippen molar-refractivity contribution >= 4 is 17.2 Å². The summed E-state index contributed by atoms with van der Waals surface area (Å²) in [6.45, 7) is 1.91. The summed E-state index contributed by atoms with van der Waals surface area (Å²) in [6, 6.07) is 7.25. The molecule has 0 spiro atoms. The Labute approximate surface area is 99.7 Å². The van der Waals surface area contributed by atoms with Gasteiger partial charge < -0.3 is 15.8 Å². The Balaban J connectivity index is 2.32. The summed E-state index contributed by atoms with van der Waals surface area (Å²) in [7, 11) is 1.61. The summed E-state index contributed by atoms with van der Waals surface area (Å²) in [5.74, 6) is 1.43. The third kappa shape index (κ3) is 2.63. The Morgan fingerprint density at radius 1 is 1.24 bits per heavy atom. The van der Waals surface area contributed by atoms with Crippen LogP contribution in [-0.4, -0.2) is 17.1 Å². The van der Waals surface area contributed by atoms with Crippen LogP contribution in [0.5, 0.6) is 5.75 Å². The molecule has 1 aromatic carbocycles. The number of rotatable bonds is 3. The van der Waals surface area contributed by atoms with Gasteiger partial charge in [0.1, 0.15) is 17.9 Å². The van der Waals surface area contributed by atoms with Crippen molar-refractivity contribution in [1.29, 1.82) is 0 Å². The maximum absolute atomic E-state index is 5.74. The van der Waals surface area contributed by atoms with Gasteiger partial charge in [-0.05, 0) is 25.1 Å². The number of anilines is 3. The molecule has 0 aliphatic carbocycles. The van der Waals surface area contributed by atoms with E-state index in [1.165, 1.54) is 6.33 Å². The average molecular weight is 230 g/mol. The number of ether oxygens (including phenoxy) is 1. The monoisotopic (exact) mass is 230 g/mol. The van der Waals surface area contributed by atoms with Gasteiger partial charge in [-0.15, -0.1) is 0 Å². The van der Waals surface area contributed by atoms with Crippen molar-refractivity contribution in [3.8, 4) is 5.75 Å². The molecule has 17 heavy (non-hydrogen) atoms. The Hall–Kier alpha value is -2.30. The van der Waals surface area contributed by atoms with Gasteiger partial charge in [-0.2, -0.15) is 0 Å². The summed E-state index contributed by atoms with van der Waals surface area (Å²) in [5.41, 5.74) is 8.08. The van der Waals surface area contributed by atoms with Crippen LogP contribution < -0.4 is 15.8 Å². The number of nitrogen functional groups attached to an aromatic ring is 1. The van der Waals surface area contributed by atoms with Crippen molar-refractivity contribution in [1.82, 2.24) is 9.97 Å². The van der Waals surface area contributed by atoms with Crippen molar-refractivity contribution in [3.63, 3.8) is 0 Å². The van der Waals surface area contributed by atoms with E-state index in [0.717, 1.165) is 17.1 Å². The molecular weight excluding hydrogens is 216 g/mol. The van der Waals surface area contributed by atoms with Crippen LogP contribution in [0, 0.1) is 6.92 Å². The zero-order valence-corrected chi connectivity index (χ0v) is 9.77. The number of hydrogen-bond acceptors (Lipinski definition) is 5. The van der Waals surface area contributed by atoms with Crippen LogP contribution in [0.25, 0.3) is 0 Å². The van der Waals surface area contributed by atoms with E-state index >= 15 is 0 Å². The summed E-state index contributed by atoms with van der Waals surface area (Å²) < 4.78 is 5.24. The van der Waals surface area contributed by atoms with Crippen molar-refractivity contribution in [2.75, 3.05) is 18.2 Å². The van der Waals surface area contributed by atoms with Crippen molar-refractivity contribution in [2.24, 2.45) is 0 Å². The fourth-order valence-corrected chi connectivity index (χ4v) is 1.48. The number of nitrogens with zero attached hydrogens (tertiary/aromatic N) is 2. The highest BCUT2D eigenvalue weighted by Gasteiger charge is 2.04. The first-order chi connectivity index (χ1) is 8.19. The molecule has 0 fully saturated rings. The van der Waals surface area contributed by atoms with Crippen molar-refractivity contribution < 1.29 is 4.74 Å². The molecule has 2 rings (SSSR count). The van der Waals surface area contributed by atoms with E-state index < -0.39 is 0 Å². The molecule has 3 N–H and O–H groups in total. The summed E-state index contributed by atoms with van der Waals surface area (Å²) in [6.07, 6.45) is 1.51. The topological polar surface area (TPSA) is 73.1 Å². The minimum atomic E-state index is 0.666. The molecule has 0 bridgehead atoms. The Morgan fingerprint density at radius 2 is 2.06 bits per heavy atom. The molecule has 1 aromatic heterocycles. The van der Waals surface area contributed by atoms with Gasteiger partial charge in [0.25, 0.3) is 0 Å². The largest absolute Gasteiger partial charge is 0.495 e. The number of nitrogens with two attached hydrogens (primary N) is 1. The average Bonchev–Trinajstić information content (AvgIpc) is 2.29. The van der Waals surface area contributed by atoms with Gasteiger partial charge in [0, 0.05) is 17.4 Å². The lowest BCUT2D eigenvalue weighted by atomic mass is 10.2. The lowest BCUT2D eigenvalue weighted by molar-refractivity contribution is 0.417. The third-order valence-corrected chi connectivity index (χ3v) is 2.29. The van der Waals surface area contributed by atoms with Gasteiger partial charge in [0.2, 0.25) is 0 Å². The smallest absolute Gasteiger partial charge is 0.142 e. The molecule has 88 valence electrons. The minimum Gasteiger partial charge on any atom is -0.495 e. The van der Waals surface area contributed by atoms with Gasteiger partial charge in [-0.3, -0.25) is 0 Å². The molecule has 0 saturated carbocycles. The quantitative estimate of drug-likeness (QED) is 0.790. The zero-order valence-electron chi connectivity index (χ0n) is 9.77. The van der Waals surface area contributed by atoms with E-state index in [1.807, 2.05) is 19.1 Å². The number of aromatic nitrogens is 2. The normalized spacial score (nSPS) is 10.0. The van der Waals surface area contributed by atoms with E-state index in [1.54, 1.807) is 19.2 Å². The highest BCUT2D eigenvalue weighted by atomic mass is 16.5. The van der Waals surface area contributed by atoms with Crippen LogP contribution in [-0.2, 0) is 0 Å². The summed E-state index contributed by atoms with van der Waals surface area (Å²) >= 11 is 0. The van der Waals surface area contributed by atoms with E-state index in [-0.39, 0.29) is 0 Å². The molecule has 0 saturated heterocycles. The molecule has 5 nitrogen and oxygen atoms in total. The maximum atomic E-state index is 5.74. The summed E-state index contributed by atoms with van der Waals surface area (Å²) in [5, 5.41) is 3.15. The first kappa shape index (κ1) is 11.2. The molecule has 0 radical (unpaired) electrons. The predicted molar refractivity (Wildman–Crippen MR) is 67.5 cm³/mol. The van der Waals surface area contributed by atoms with Gasteiger partial charge >= 0.3 is 0 Å². The Kier molecular flexibility index (Phi) is 3.09. The predicted octanol–water partition coefficient (Wildman–Crippen LogP) is 2.12.